The third-order valence-corrected chi connectivity index (χ3v) is 16.5. The Morgan fingerprint density at radius 1 is 0.957 bits per heavy atom. The summed E-state index contributed by atoms with van der Waals surface area (Å²) in [6.45, 7) is 10.8. The van der Waals surface area contributed by atoms with E-state index in [4.69, 9.17) is 4.74 Å². The van der Waals surface area contributed by atoms with E-state index in [9.17, 15) is 23.5 Å². The Bertz CT molecular complexity index is 1650. The van der Waals surface area contributed by atoms with Gasteiger partial charge in [-0.2, -0.15) is 0 Å². The van der Waals surface area contributed by atoms with E-state index < -0.39 is 34.2 Å². The molecule has 11 atom stereocenters. The quantitative estimate of drug-likeness (QED) is 0.265. The molecule has 3 spiro atoms. The van der Waals surface area contributed by atoms with Gasteiger partial charge in [-0.05, 0) is 123 Å². The molecule has 1 amide bonds. The number of fused-ring (bicyclic) bond motifs is 4. The van der Waals surface area contributed by atoms with Gasteiger partial charge in [0.05, 0.1) is 12.6 Å². The van der Waals surface area contributed by atoms with Gasteiger partial charge in [-0.1, -0.05) is 45.9 Å². The van der Waals surface area contributed by atoms with Crippen LogP contribution >= 0.6 is 0 Å². The Morgan fingerprint density at radius 2 is 1.70 bits per heavy atom. The molecule has 1 aromatic rings. The molecule has 10 aliphatic rings. The number of hydrogen-bond acceptors (Lipinski definition) is 4. The molecule has 9 aliphatic carbocycles. The van der Waals surface area contributed by atoms with Crippen molar-refractivity contribution >= 4 is 11.9 Å². The van der Waals surface area contributed by atoms with Crippen molar-refractivity contribution in [3.63, 3.8) is 0 Å². The van der Waals surface area contributed by atoms with Crippen molar-refractivity contribution in [2.75, 3.05) is 13.1 Å². The van der Waals surface area contributed by atoms with E-state index in [2.05, 4.69) is 45.9 Å². The van der Waals surface area contributed by atoms with Crippen molar-refractivity contribution in [1.29, 1.82) is 0 Å². The lowest BCUT2D eigenvalue weighted by atomic mass is 9.32. The normalized spacial score (nSPS) is 48.4. The molecule has 11 rings (SSSR count). The molecule has 4 bridgehead atoms. The van der Waals surface area contributed by atoms with Crippen LogP contribution in [-0.2, 0) is 4.74 Å². The van der Waals surface area contributed by atoms with Gasteiger partial charge in [-0.15, -0.1) is 0 Å². The van der Waals surface area contributed by atoms with E-state index in [1.54, 1.807) is 0 Å². The lowest BCUT2D eigenvalue weighted by Gasteiger charge is -2.71. The summed E-state index contributed by atoms with van der Waals surface area (Å²) in [6.07, 6.45) is 15.3. The van der Waals surface area contributed by atoms with E-state index in [-0.39, 0.29) is 40.1 Å². The average Bonchev–Trinajstić information content (AvgIpc) is 3.52. The van der Waals surface area contributed by atoms with Crippen LogP contribution in [-0.4, -0.2) is 46.7 Å². The smallest absolute Gasteiger partial charge is 0.410 e. The molecule has 7 fully saturated rings. The maximum absolute atomic E-state index is 14.6. The molecule has 5 nitrogen and oxygen atoms in total. The van der Waals surface area contributed by atoms with Crippen LogP contribution < -0.4 is 0 Å². The van der Waals surface area contributed by atoms with Gasteiger partial charge in [-0.3, -0.25) is 4.79 Å². The van der Waals surface area contributed by atoms with Crippen LogP contribution in [0.3, 0.4) is 0 Å². The van der Waals surface area contributed by atoms with Gasteiger partial charge < -0.3 is 14.7 Å². The SMILES string of the molecule is CC1(C)[C@H]2CC[C@@H](CN3C[C@@]4(CC[C@H]5[C@]67C=C[C@@]8(C=C6C(=O)c6ccc(F)c(F)c6)C[C@@H](O)CC[C@]8(C)[C@H]7CC[C@@]54C)OC3=O)[C@@H]1C2. The van der Waals surface area contributed by atoms with E-state index >= 15 is 0 Å². The Hall–Kier alpha value is -2.54. The summed E-state index contributed by atoms with van der Waals surface area (Å²) in [5.74, 6) is -0.0749. The molecule has 252 valence electrons. The summed E-state index contributed by atoms with van der Waals surface area (Å²) < 4.78 is 35.2. The Balaban J connectivity index is 1.10. The van der Waals surface area contributed by atoms with E-state index in [1.807, 2.05) is 4.90 Å². The van der Waals surface area contributed by atoms with Crippen LogP contribution in [0.25, 0.3) is 0 Å². The van der Waals surface area contributed by atoms with E-state index in [0.717, 1.165) is 63.1 Å². The highest BCUT2D eigenvalue weighted by Crippen LogP contribution is 2.79. The average molecular weight is 646 g/mol. The number of rotatable bonds is 4. The van der Waals surface area contributed by atoms with Crippen LogP contribution in [0.4, 0.5) is 13.6 Å². The summed E-state index contributed by atoms with van der Waals surface area (Å²) in [5.41, 5.74) is -1.05. The van der Waals surface area contributed by atoms with Crippen LogP contribution in [0.1, 0.15) is 102 Å². The lowest BCUT2D eigenvalue weighted by molar-refractivity contribution is -0.164. The standard InChI is InChI=1S/C40H49F2NO4/c1-35(2)25-7-5-24(27(35)18-25)21-43-22-39(47-34(43)46)14-11-32-37(39,4)13-10-31-36(3)12-9-26(44)19-38(36)15-16-40(31,32)28(20-38)33(45)23-6-8-29(41)30(42)17-23/h6,8,15-17,20,24-27,31-32,44H,5,7,9-14,18-19,21-22H2,1-4H3/t24-,25-,26-,27-,31+,32+,36+,37-,38-,39+,40+/m0/s1. The number of carbonyl (C=O) groups excluding carboxylic acids is 2. The number of halogens is 2. The molecule has 0 unspecified atom stereocenters. The first-order valence-corrected chi connectivity index (χ1v) is 18.3. The number of allylic oxidation sites excluding steroid dienone is 4. The highest BCUT2D eigenvalue weighted by Gasteiger charge is 2.76. The molecule has 6 saturated carbocycles. The second-order valence-electron chi connectivity index (χ2n) is 18.2. The van der Waals surface area contributed by atoms with Gasteiger partial charge in [0.15, 0.2) is 17.4 Å². The minimum absolute atomic E-state index is 0.0428. The summed E-state index contributed by atoms with van der Waals surface area (Å²) in [5, 5.41) is 10.9. The first kappa shape index (κ1) is 30.5. The summed E-state index contributed by atoms with van der Waals surface area (Å²) in [4.78, 5) is 30.4. The zero-order valence-corrected chi connectivity index (χ0v) is 28.3. The second kappa shape index (κ2) is 9.37. The van der Waals surface area contributed by atoms with E-state index in [0.29, 0.717) is 35.8 Å². The molecule has 1 aromatic carbocycles. The molecule has 0 aromatic heterocycles. The summed E-state index contributed by atoms with van der Waals surface area (Å²) in [7, 11) is 0. The highest BCUT2D eigenvalue weighted by molar-refractivity contribution is 6.10. The number of aliphatic hydroxyl groups excluding tert-OH is 1. The lowest BCUT2D eigenvalue weighted by Crippen LogP contribution is -2.67. The number of nitrogens with zero attached hydrogens (tertiary/aromatic N) is 1. The van der Waals surface area contributed by atoms with Gasteiger partial charge in [0.2, 0.25) is 0 Å². The molecule has 0 radical (unpaired) electrons. The van der Waals surface area contributed by atoms with Crippen LogP contribution in [0, 0.1) is 68.3 Å². The third-order valence-electron chi connectivity index (χ3n) is 16.5. The van der Waals surface area contributed by atoms with Crippen LogP contribution in [0.5, 0.6) is 0 Å². The van der Waals surface area contributed by atoms with Gasteiger partial charge >= 0.3 is 6.09 Å². The van der Waals surface area contributed by atoms with Crippen molar-refractivity contribution in [2.24, 2.45) is 56.7 Å². The Labute approximate surface area is 277 Å². The number of amides is 1. The topological polar surface area (TPSA) is 66.8 Å². The highest BCUT2D eigenvalue weighted by atomic mass is 19.2. The largest absolute Gasteiger partial charge is 0.440 e. The van der Waals surface area contributed by atoms with Crippen molar-refractivity contribution in [3.05, 3.63) is 59.2 Å². The summed E-state index contributed by atoms with van der Waals surface area (Å²) >= 11 is 0. The predicted molar refractivity (Wildman–Crippen MR) is 173 cm³/mol. The van der Waals surface area contributed by atoms with Crippen molar-refractivity contribution in [1.82, 2.24) is 4.90 Å². The number of aliphatic hydroxyl groups is 1. The predicted octanol–water partition coefficient (Wildman–Crippen LogP) is 8.27. The summed E-state index contributed by atoms with van der Waals surface area (Å²) in [6, 6.07) is 3.48. The third kappa shape index (κ3) is 3.58. The molecule has 47 heavy (non-hydrogen) atoms. The number of ketones is 1. The number of ether oxygens (including phenoxy) is 1. The fourth-order valence-electron chi connectivity index (χ4n) is 13.8. The second-order valence-corrected chi connectivity index (χ2v) is 18.2. The Kier molecular flexibility index (Phi) is 6.08. The molecule has 1 saturated heterocycles. The number of benzene rings is 1. The maximum atomic E-state index is 14.6. The van der Waals surface area contributed by atoms with Gasteiger partial charge in [0.25, 0.3) is 0 Å². The van der Waals surface area contributed by atoms with Crippen molar-refractivity contribution < 1.29 is 28.2 Å². The first-order valence-electron chi connectivity index (χ1n) is 18.3. The fourth-order valence-corrected chi connectivity index (χ4v) is 13.8. The molecule has 1 aliphatic heterocycles. The zero-order chi connectivity index (χ0) is 32.9. The maximum Gasteiger partial charge on any atom is 0.410 e. The molecular formula is C40H49F2NO4. The molecule has 7 heteroatoms. The minimum atomic E-state index is -1.02. The van der Waals surface area contributed by atoms with E-state index in [1.165, 1.54) is 25.3 Å². The zero-order valence-electron chi connectivity index (χ0n) is 28.3. The Morgan fingerprint density at radius 3 is 2.45 bits per heavy atom. The van der Waals surface area contributed by atoms with Gasteiger partial charge in [0, 0.05) is 33.9 Å². The fraction of sp³-hybridized carbons (Fsp3) is 0.700. The monoisotopic (exact) mass is 645 g/mol. The van der Waals surface area contributed by atoms with Crippen LogP contribution in [0.15, 0.2) is 42.0 Å². The molecular weight excluding hydrogens is 596 g/mol. The minimum Gasteiger partial charge on any atom is -0.440 e. The van der Waals surface area contributed by atoms with Gasteiger partial charge in [0.1, 0.15) is 5.60 Å². The number of hydrogen-bond donors (Lipinski definition) is 1. The number of carbonyl (C=O) groups is 2. The van der Waals surface area contributed by atoms with Gasteiger partial charge in [-0.25, -0.2) is 13.6 Å². The van der Waals surface area contributed by atoms with Crippen molar-refractivity contribution in [3.8, 4) is 0 Å². The first-order chi connectivity index (χ1) is 22.2. The number of Topliss-reactive ketones (excluding diaryl/α,β-unsaturated/α-hetero) is 1. The molecule has 1 heterocycles. The van der Waals surface area contributed by atoms with Crippen molar-refractivity contribution in [2.45, 2.75) is 104 Å². The van der Waals surface area contributed by atoms with Crippen LogP contribution in [0.2, 0.25) is 0 Å². The molecule has 1 N–H and O–H groups in total.